The Balaban J connectivity index is 0.00000264. The molecular weight excluding hydrogens is 428 g/mol. The molecule has 126 valence electrons. The molecule has 4 N–H and O–H groups in total. The molecule has 2 rings (SSSR count). The summed E-state index contributed by atoms with van der Waals surface area (Å²) in [6.45, 7) is -0.161. The van der Waals surface area contributed by atoms with Crippen molar-refractivity contribution in [1.82, 2.24) is 15.2 Å². The summed E-state index contributed by atoms with van der Waals surface area (Å²) in [5.41, 5.74) is 6.28. The number of nitrogens with two attached hydrogens (primary N) is 1. The number of aromatic amines is 1. The number of guanidine groups is 1. The summed E-state index contributed by atoms with van der Waals surface area (Å²) >= 11 is 0. The Morgan fingerprint density at radius 2 is 2.17 bits per heavy atom. The van der Waals surface area contributed by atoms with Crippen molar-refractivity contribution < 1.29 is 17.9 Å². The first kappa shape index (κ1) is 19.0. The third-order valence-electron chi connectivity index (χ3n) is 2.53. The van der Waals surface area contributed by atoms with Gasteiger partial charge in [-0.15, -0.1) is 29.1 Å². The summed E-state index contributed by atoms with van der Waals surface area (Å²) in [6, 6.07) is 6.94. The summed E-state index contributed by atoms with van der Waals surface area (Å²) in [7, 11) is 1.53. The molecule has 0 aliphatic carbocycles. The van der Waals surface area contributed by atoms with Crippen LogP contribution in [0.5, 0.6) is 5.75 Å². The third kappa shape index (κ3) is 5.58. The predicted octanol–water partition coefficient (Wildman–Crippen LogP) is 2.38. The van der Waals surface area contributed by atoms with Gasteiger partial charge in [0.05, 0.1) is 7.11 Å². The molecule has 2 aromatic rings. The minimum Gasteiger partial charge on any atom is -0.497 e. The first-order valence-electron chi connectivity index (χ1n) is 6.08. The topological polar surface area (TPSA) is 101 Å². The fourth-order valence-electron chi connectivity index (χ4n) is 1.54. The van der Waals surface area contributed by atoms with E-state index >= 15 is 0 Å². The highest BCUT2D eigenvalue weighted by atomic mass is 127. The number of rotatable bonds is 4. The fraction of sp³-hybridized carbons (Fsp3) is 0.250. The van der Waals surface area contributed by atoms with Gasteiger partial charge in [-0.1, -0.05) is 6.07 Å². The maximum atomic E-state index is 12.3. The molecule has 0 bridgehead atoms. The van der Waals surface area contributed by atoms with Crippen LogP contribution in [0.1, 0.15) is 11.6 Å². The van der Waals surface area contributed by atoms with Gasteiger partial charge in [-0.3, -0.25) is 5.10 Å². The lowest BCUT2D eigenvalue weighted by atomic mass is 10.3. The Bertz CT molecular complexity index is 673. The second-order valence-corrected chi connectivity index (χ2v) is 4.16. The second kappa shape index (κ2) is 7.99. The van der Waals surface area contributed by atoms with Crippen LogP contribution >= 0.6 is 24.0 Å². The highest BCUT2D eigenvalue weighted by Crippen LogP contribution is 2.25. The molecule has 7 nitrogen and oxygen atoms in total. The summed E-state index contributed by atoms with van der Waals surface area (Å²) in [5, 5.41) is 8.01. The van der Waals surface area contributed by atoms with E-state index in [9.17, 15) is 13.2 Å². The number of H-pyrrole nitrogens is 1. The number of anilines is 1. The Morgan fingerprint density at radius 3 is 2.78 bits per heavy atom. The van der Waals surface area contributed by atoms with Crippen LogP contribution in [0.3, 0.4) is 0 Å². The maximum Gasteiger partial charge on any atom is 0.453 e. The van der Waals surface area contributed by atoms with Gasteiger partial charge in [0, 0.05) is 11.8 Å². The van der Waals surface area contributed by atoms with Crippen LogP contribution < -0.4 is 15.8 Å². The van der Waals surface area contributed by atoms with E-state index in [1.54, 1.807) is 24.3 Å². The van der Waals surface area contributed by atoms with E-state index in [1.165, 1.54) is 7.11 Å². The van der Waals surface area contributed by atoms with Crippen LogP contribution in [-0.2, 0) is 12.7 Å². The Morgan fingerprint density at radius 1 is 1.43 bits per heavy atom. The molecule has 0 amide bonds. The smallest absolute Gasteiger partial charge is 0.453 e. The number of aliphatic imine (C=N–C) groups is 1. The van der Waals surface area contributed by atoms with Gasteiger partial charge in [0.25, 0.3) is 5.82 Å². The van der Waals surface area contributed by atoms with Crippen LogP contribution in [0.4, 0.5) is 18.9 Å². The molecule has 0 saturated carbocycles. The average Bonchev–Trinajstić information content (AvgIpc) is 2.94. The lowest BCUT2D eigenvalue weighted by Gasteiger charge is -2.06. The standard InChI is InChI=1S/C12H13F3N6O.HI/c1-22-8-4-2-3-7(5-8)18-11(16)17-6-9-19-10(21-20-9)12(13,14)15;/h2-5H,6H2,1H3,(H3,16,17,18)(H,19,20,21);1H. The van der Waals surface area contributed by atoms with E-state index in [2.05, 4.69) is 25.5 Å². The average molecular weight is 442 g/mol. The van der Waals surface area contributed by atoms with Crippen molar-refractivity contribution in [2.24, 2.45) is 10.7 Å². The second-order valence-electron chi connectivity index (χ2n) is 4.16. The summed E-state index contributed by atoms with van der Waals surface area (Å²) in [4.78, 5) is 7.17. The SMILES string of the molecule is COc1cccc(NC(N)=NCc2nc(C(F)(F)F)n[nH]2)c1.I. The normalized spacial score (nSPS) is 11.7. The number of methoxy groups -OCH3 is 1. The Hall–Kier alpha value is -2.05. The van der Waals surface area contributed by atoms with Crippen LogP contribution in [0.2, 0.25) is 0 Å². The van der Waals surface area contributed by atoms with Crippen LogP contribution in [0.25, 0.3) is 0 Å². The van der Waals surface area contributed by atoms with E-state index in [-0.39, 0.29) is 42.3 Å². The molecule has 0 aliphatic heterocycles. The van der Waals surface area contributed by atoms with Crippen LogP contribution in [-0.4, -0.2) is 28.3 Å². The molecule has 0 saturated heterocycles. The molecule has 1 heterocycles. The van der Waals surface area contributed by atoms with Gasteiger partial charge in [-0.2, -0.15) is 13.2 Å². The summed E-state index contributed by atoms with van der Waals surface area (Å²) in [5.74, 6) is -0.624. The first-order valence-corrected chi connectivity index (χ1v) is 6.08. The number of halogens is 4. The lowest BCUT2D eigenvalue weighted by molar-refractivity contribution is -0.144. The minimum absolute atomic E-state index is 0. The van der Waals surface area contributed by atoms with E-state index < -0.39 is 12.0 Å². The molecule has 0 unspecified atom stereocenters. The van der Waals surface area contributed by atoms with Gasteiger partial charge in [0.1, 0.15) is 18.1 Å². The number of nitrogens with one attached hydrogen (secondary N) is 2. The zero-order valence-corrected chi connectivity index (χ0v) is 14.2. The van der Waals surface area contributed by atoms with Gasteiger partial charge < -0.3 is 15.8 Å². The van der Waals surface area contributed by atoms with Gasteiger partial charge >= 0.3 is 6.18 Å². The van der Waals surface area contributed by atoms with Crippen molar-refractivity contribution in [2.45, 2.75) is 12.7 Å². The van der Waals surface area contributed by atoms with Crippen molar-refractivity contribution in [3.05, 3.63) is 35.9 Å². The predicted molar refractivity (Wildman–Crippen MR) is 88.7 cm³/mol. The van der Waals surface area contributed by atoms with Crippen LogP contribution in [0, 0.1) is 0 Å². The van der Waals surface area contributed by atoms with E-state index in [0.29, 0.717) is 11.4 Å². The molecule has 0 atom stereocenters. The largest absolute Gasteiger partial charge is 0.497 e. The van der Waals surface area contributed by atoms with Gasteiger partial charge in [0.2, 0.25) is 0 Å². The number of aromatic nitrogens is 3. The Labute approximate surface area is 146 Å². The van der Waals surface area contributed by atoms with E-state index in [4.69, 9.17) is 10.5 Å². The molecular formula is C12H14F3IN6O. The zero-order valence-electron chi connectivity index (χ0n) is 11.9. The Kier molecular flexibility index (Phi) is 6.60. The number of alkyl halides is 3. The lowest BCUT2D eigenvalue weighted by Crippen LogP contribution is -2.22. The molecule has 0 spiro atoms. The highest BCUT2D eigenvalue weighted by Gasteiger charge is 2.35. The maximum absolute atomic E-state index is 12.3. The molecule has 0 fully saturated rings. The fourth-order valence-corrected chi connectivity index (χ4v) is 1.54. The number of nitrogens with zero attached hydrogens (tertiary/aromatic N) is 3. The third-order valence-corrected chi connectivity index (χ3v) is 2.53. The molecule has 1 aromatic carbocycles. The van der Waals surface area contributed by atoms with E-state index in [0.717, 1.165) is 0 Å². The quantitative estimate of drug-likeness (QED) is 0.384. The van der Waals surface area contributed by atoms with Crippen LogP contribution in [0.15, 0.2) is 29.3 Å². The summed E-state index contributed by atoms with van der Waals surface area (Å²) in [6.07, 6.45) is -4.59. The number of hydrogen-bond acceptors (Lipinski definition) is 4. The van der Waals surface area contributed by atoms with Gasteiger partial charge in [-0.25, -0.2) is 9.98 Å². The van der Waals surface area contributed by atoms with Crippen molar-refractivity contribution in [1.29, 1.82) is 0 Å². The molecule has 0 aliphatic rings. The molecule has 1 aromatic heterocycles. The number of ether oxygens (including phenoxy) is 1. The van der Waals surface area contributed by atoms with Crippen molar-refractivity contribution in [3.8, 4) is 5.75 Å². The molecule has 11 heteroatoms. The first-order chi connectivity index (χ1) is 10.4. The van der Waals surface area contributed by atoms with Gasteiger partial charge in [0.15, 0.2) is 5.96 Å². The van der Waals surface area contributed by atoms with Gasteiger partial charge in [-0.05, 0) is 12.1 Å². The minimum atomic E-state index is -4.59. The highest BCUT2D eigenvalue weighted by molar-refractivity contribution is 14.0. The molecule has 23 heavy (non-hydrogen) atoms. The summed E-state index contributed by atoms with van der Waals surface area (Å²) < 4.78 is 42.0. The number of hydrogen-bond donors (Lipinski definition) is 3. The monoisotopic (exact) mass is 442 g/mol. The van der Waals surface area contributed by atoms with Crippen molar-refractivity contribution in [3.63, 3.8) is 0 Å². The van der Waals surface area contributed by atoms with E-state index in [1.807, 2.05) is 0 Å². The van der Waals surface area contributed by atoms with Crippen molar-refractivity contribution >= 4 is 35.6 Å². The van der Waals surface area contributed by atoms with Crippen molar-refractivity contribution in [2.75, 3.05) is 12.4 Å². The number of benzene rings is 1. The zero-order chi connectivity index (χ0) is 16.2. The molecule has 0 radical (unpaired) electrons.